The summed E-state index contributed by atoms with van der Waals surface area (Å²) in [4.78, 5) is 29.9. The molecule has 2 bridgehead atoms. The normalized spacial score (nSPS) is 21.7. The molecule has 1 aromatic carbocycles. The molecule has 3 aliphatic rings. The van der Waals surface area contributed by atoms with Crippen molar-refractivity contribution in [3.05, 3.63) is 53.3 Å². The molecule has 1 N–H and O–H groups in total. The van der Waals surface area contributed by atoms with Gasteiger partial charge in [-0.05, 0) is 62.6 Å². The minimum atomic E-state index is -0.307. The Morgan fingerprint density at radius 3 is 2.75 bits per heavy atom. The highest BCUT2D eigenvalue weighted by molar-refractivity contribution is 6.19. The number of carbonyl (C=O) groups excluding carboxylic acids is 1. The first kappa shape index (κ1) is 26.5. The molecule has 0 spiro atoms. The van der Waals surface area contributed by atoms with Crippen molar-refractivity contribution in [3.63, 3.8) is 0 Å². The van der Waals surface area contributed by atoms with Gasteiger partial charge in [-0.15, -0.1) is 0 Å². The molecule has 1 saturated heterocycles. The Bertz CT molecular complexity index is 1440. The molecule has 0 unspecified atom stereocenters. The lowest BCUT2D eigenvalue weighted by Crippen LogP contribution is -2.43. The molecule has 5 heterocycles. The molecule has 6 rings (SSSR count). The van der Waals surface area contributed by atoms with Crippen molar-refractivity contribution < 1.29 is 9.53 Å². The maximum Gasteiger partial charge on any atom is 0.280 e. The average Bonchev–Trinajstić information content (AvgIpc) is 3.46. The fourth-order valence-electron chi connectivity index (χ4n) is 5.71. The summed E-state index contributed by atoms with van der Waals surface area (Å²) in [6, 6.07) is 10.1. The van der Waals surface area contributed by atoms with E-state index in [1.165, 1.54) is 5.56 Å². The van der Waals surface area contributed by atoms with Crippen LogP contribution in [0.2, 0.25) is 0 Å². The Balaban J connectivity index is 1.34. The van der Waals surface area contributed by atoms with Crippen LogP contribution in [-0.4, -0.2) is 82.8 Å². The van der Waals surface area contributed by atoms with Crippen LogP contribution in [0, 0.1) is 12.8 Å². The van der Waals surface area contributed by atoms with Gasteiger partial charge in [-0.2, -0.15) is 10.1 Å². The highest BCUT2D eigenvalue weighted by Gasteiger charge is 2.29. The molecule has 10 nitrogen and oxygen atoms in total. The van der Waals surface area contributed by atoms with Gasteiger partial charge in [0, 0.05) is 57.6 Å². The third-order valence-electron chi connectivity index (χ3n) is 8.00. The van der Waals surface area contributed by atoms with Crippen LogP contribution in [0.25, 0.3) is 11.3 Å². The van der Waals surface area contributed by atoms with Crippen LogP contribution in [0.4, 0.5) is 11.4 Å². The van der Waals surface area contributed by atoms with Gasteiger partial charge in [-0.25, -0.2) is 4.68 Å². The lowest BCUT2D eigenvalue weighted by molar-refractivity contribution is 0.100. The Hall–Kier alpha value is -3.76. The number of benzene rings is 1. The number of guanidine groups is 1. The van der Waals surface area contributed by atoms with Crippen molar-refractivity contribution in [2.24, 2.45) is 18.0 Å². The van der Waals surface area contributed by atoms with E-state index in [0.717, 1.165) is 74.7 Å². The van der Waals surface area contributed by atoms with Crippen LogP contribution in [0.3, 0.4) is 0 Å². The number of nitrogens with one attached hydrogen (secondary N) is 1. The molecule has 1 fully saturated rings. The quantitative estimate of drug-likeness (QED) is 0.523. The molecule has 0 radical (unpaired) electrons. The Kier molecular flexibility index (Phi) is 7.29. The number of likely N-dealkylation sites (N-methyl/N-ethyl adjacent to an activating group) is 1. The predicted molar refractivity (Wildman–Crippen MR) is 157 cm³/mol. The largest absolute Gasteiger partial charge is 0.477 e. The Labute approximate surface area is 235 Å². The lowest BCUT2D eigenvalue weighted by Gasteiger charge is -2.32. The number of hydrogen-bond acceptors (Lipinski definition) is 8. The number of pyridine rings is 1. The number of ether oxygens (including phenoxy) is 1. The highest BCUT2D eigenvalue weighted by Crippen LogP contribution is 2.35. The average molecular weight is 543 g/mol. The second kappa shape index (κ2) is 11.0. The van der Waals surface area contributed by atoms with Crippen molar-refractivity contribution >= 4 is 23.2 Å². The number of rotatable bonds is 2. The first-order valence-corrected chi connectivity index (χ1v) is 14.2. The van der Waals surface area contributed by atoms with E-state index in [9.17, 15) is 4.79 Å². The molecule has 0 aliphatic carbocycles. The standard InChI is InChI=1S/C30H38N8O2/c1-20-6-5-13-40-29-24(17-31-36(29)4)26-16-23(14-21(2)32-26)28(39)34-30-33-25-8-7-22(15-27(25)38(30)18-20)19-37-11-9-35(3)10-12-37/h7-8,14-17,20H,5-6,9-13,18-19H2,1-4H3,(H,33,34,39)/t20-/m1/s1. The predicted octanol–water partition coefficient (Wildman–Crippen LogP) is 3.77. The van der Waals surface area contributed by atoms with E-state index < -0.39 is 0 Å². The number of hydrogen-bond donors (Lipinski definition) is 1. The number of fused-ring (bicyclic) bond motifs is 7. The smallest absolute Gasteiger partial charge is 0.280 e. The monoisotopic (exact) mass is 542 g/mol. The summed E-state index contributed by atoms with van der Waals surface area (Å²) in [6.07, 6.45) is 3.63. The highest BCUT2D eigenvalue weighted by atomic mass is 16.5. The SMILES string of the molecule is Cc1cc2cc(n1)-c1cnn(C)c1OCCC[C@@H](C)CN1/C(=N/C2=O)Nc2ccc(CN3CCN(C)CC3)cc21. The van der Waals surface area contributed by atoms with Gasteiger partial charge in [0.2, 0.25) is 11.8 Å². The molecule has 2 aromatic heterocycles. The minimum Gasteiger partial charge on any atom is -0.477 e. The third-order valence-corrected chi connectivity index (χ3v) is 8.00. The van der Waals surface area contributed by atoms with E-state index in [0.29, 0.717) is 35.6 Å². The second-order valence-corrected chi connectivity index (χ2v) is 11.4. The Morgan fingerprint density at radius 1 is 1.10 bits per heavy atom. The molecular weight excluding hydrogens is 504 g/mol. The molecular formula is C30H38N8O2. The number of nitrogens with zero attached hydrogens (tertiary/aromatic N) is 7. The summed E-state index contributed by atoms with van der Waals surface area (Å²) in [5, 5.41) is 7.83. The zero-order valence-corrected chi connectivity index (χ0v) is 23.9. The van der Waals surface area contributed by atoms with Crippen LogP contribution in [-0.2, 0) is 13.6 Å². The molecule has 40 heavy (non-hydrogen) atoms. The molecule has 3 aromatic rings. The number of aromatic nitrogens is 3. The first-order valence-electron chi connectivity index (χ1n) is 14.2. The minimum absolute atomic E-state index is 0.307. The number of anilines is 2. The number of aryl methyl sites for hydroxylation is 2. The van der Waals surface area contributed by atoms with E-state index in [1.54, 1.807) is 23.0 Å². The summed E-state index contributed by atoms with van der Waals surface area (Å²) in [6.45, 7) is 10.7. The summed E-state index contributed by atoms with van der Waals surface area (Å²) in [5.41, 5.74) is 5.99. The van der Waals surface area contributed by atoms with E-state index in [-0.39, 0.29) is 5.91 Å². The van der Waals surface area contributed by atoms with Crippen LogP contribution < -0.4 is 15.0 Å². The van der Waals surface area contributed by atoms with Crippen LogP contribution >= 0.6 is 0 Å². The molecule has 0 saturated carbocycles. The molecule has 1 atom stereocenters. The summed E-state index contributed by atoms with van der Waals surface area (Å²) in [7, 11) is 4.04. The van der Waals surface area contributed by atoms with Gasteiger partial charge in [0.1, 0.15) is 0 Å². The fraction of sp³-hybridized carbons (Fsp3) is 0.467. The second-order valence-electron chi connectivity index (χ2n) is 11.4. The van der Waals surface area contributed by atoms with Gasteiger partial charge in [0.15, 0.2) is 0 Å². The van der Waals surface area contributed by atoms with Gasteiger partial charge in [-0.1, -0.05) is 13.0 Å². The van der Waals surface area contributed by atoms with Crippen LogP contribution in [0.1, 0.15) is 41.4 Å². The summed E-state index contributed by atoms with van der Waals surface area (Å²) < 4.78 is 7.92. The van der Waals surface area contributed by atoms with Crippen molar-refractivity contribution in [2.75, 3.05) is 56.6 Å². The number of aliphatic imine (C=N–C) groups is 1. The van der Waals surface area contributed by atoms with Crippen LogP contribution in [0.15, 0.2) is 41.5 Å². The van der Waals surface area contributed by atoms with Gasteiger partial charge < -0.3 is 19.9 Å². The van der Waals surface area contributed by atoms with Gasteiger partial charge in [0.25, 0.3) is 5.91 Å². The molecule has 1 amide bonds. The number of carbonyl (C=O) groups is 1. The van der Waals surface area contributed by atoms with E-state index >= 15 is 0 Å². The maximum atomic E-state index is 13.6. The third kappa shape index (κ3) is 5.46. The summed E-state index contributed by atoms with van der Waals surface area (Å²) in [5.74, 6) is 1.29. The van der Waals surface area contributed by atoms with Crippen LogP contribution in [0.5, 0.6) is 5.88 Å². The zero-order valence-electron chi connectivity index (χ0n) is 23.9. The number of piperazine rings is 1. The molecule has 10 heteroatoms. The Morgan fingerprint density at radius 2 is 1.93 bits per heavy atom. The van der Waals surface area contributed by atoms with Gasteiger partial charge >= 0.3 is 0 Å². The van der Waals surface area contributed by atoms with Crippen molar-refractivity contribution in [1.29, 1.82) is 0 Å². The van der Waals surface area contributed by atoms with E-state index in [1.807, 2.05) is 14.0 Å². The fourth-order valence-corrected chi connectivity index (χ4v) is 5.71. The van der Waals surface area contributed by atoms with Crippen molar-refractivity contribution in [1.82, 2.24) is 24.6 Å². The maximum absolute atomic E-state index is 13.6. The van der Waals surface area contributed by atoms with Gasteiger partial charge in [-0.3, -0.25) is 14.7 Å². The summed E-state index contributed by atoms with van der Waals surface area (Å²) >= 11 is 0. The van der Waals surface area contributed by atoms with Gasteiger partial charge in [0.05, 0.1) is 35.4 Å². The topological polar surface area (TPSA) is 91.1 Å². The van der Waals surface area contributed by atoms with Crippen molar-refractivity contribution in [2.45, 2.75) is 33.2 Å². The van der Waals surface area contributed by atoms with Crippen molar-refractivity contribution in [3.8, 4) is 17.1 Å². The first-order chi connectivity index (χ1) is 19.3. The molecule has 210 valence electrons. The van der Waals surface area contributed by atoms with E-state index in [2.05, 4.69) is 67.3 Å². The van der Waals surface area contributed by atoms with E-state index in [4.69, 9.17) is 4.74 Å². The zero-order chi connectivity index (χ0) is 27.8. The molecule has 3 aliphatic heterocycles. The number of amides is 1. The lowest BCUT2D eigenvalue weighted by atomic mass is 10.0.